The summed E-state index contributed by atoms with van der Waals surface area (Å²) in [4.78, 5) is 9.70. The molecule has 0 fully saturated rings. The first kappa shape index (κ1) is 13.3. The Labute approximate surface area is 126 Å². The highest BCUT2D eigenvalue weighted by Crippen LogP contribution is 2.30. The van der Waals surface area contributed by atoms with Crippen molar-refractivity contribution in [3.8, 4) is 0 Å². The standard InChI is InChI=1S/C14H13ClN4S/c1-19-8-7-10-12(19)13(18-14(15)17-10)16-9-5-3-4-6-11(9)20-2/h3-8H,1-2H3,(H,16,17,18). The number of halogens is 1. The lowest BCUT2D eigenvalue weighted by Gasteiger charge is -2.11. The van der Waals surface area contributed by atoms with E-state index in [1.165, 1.54) is 0 Å². The lowest BCUT2D eigenvalue weighted by Crippen LogP contribution is -2.00. The quantitative estimate of drug-likeness (QED) is 0.584. The van der Waals surface area contributed by atoms with Crippen LogP contribution < -0.4 is 5.32 Å². The molecule has 0 amide bonds. The Morgan fingerprint density at radius 3 is 2.80 bits per heavy atom. The zero-order chi connectivity index (χ0) is 14.1. The predicted molar refractivity (Wildman–Crippen MR) is 85.0 cm³/mol. The molecule has 2 heterocycles. The summed E-state index contributed by atoms with van der Waals surface area (Å²) in [6.07, 6.45) is 3.99. The van der Waals surface area contributed by atoms with Crippen molar-refractivity contribution >= 4 is 45.9 Å². The zero-order valence-electron chi connectivity index (χ0n) is 11.1. The molecule has 6 heteroatoms. The molecule has 0 unspecified atom stereocenters. The van der Waals surface area contributed by atoms with Crippen molar-refractivity contribution < 1.29 is 0 Å². The van der Waals surface area contributed by atoms with Gasteiger partial charge >= 0.3 is 0 Å². The van der Waals surface area contributed by atoms with Gasteiger partial charge in [0.15, 0.2) is 5.82 Å². The molecule has 102 valence electrons. The molecule has 1 aromatic carbocycles. The van der Waals surface area contributed by atoms with E-state index in [0.29, 0.717) is 5.82 Å². The molecule has 0 spiro atoms. The fourth-order valence-electron chi connectivity index (χ4n) is 2.13. The second-order valence-electron chi connectivity index (χ2n) is 4.33. The number of para-hydroxylation sites is 1. The highest BCUT2D eigenvalue weighted by atomic mass is 35.5. The van der Waals surface area contributed by atoms with E-state index in [1.807, 2.05) is 48.3 Å². The monoisotopic (exact) mass is 304 g/mol. The average Bonchev–Trinajstić information content (AvgIpc) is 2.81. The number of fused-ring (bicyclic) bond motifs is 1. The molecule has 2 aromatic heterocycles. The van der Waals surface area contributed by atoms with E-state index in [2.05, 4.69) is 21.4 Å². The summed E-state index contributed by atoms with van der Waals surface area (Å²) in [5.74, 6) is 0.717. The summed E-state index contributed by atoms with van der Waals surface area (Å²) in [6, 6.07) is 10.0. The van der Waals surface area contributed by atoms with Crippen LogP contribution in [0.1, 0.15) is 0 Å². The maximum Gasteiger partial charge on any atom is 0.225 e. The van der Waals surface area contributed by atoms with E-state index >= 15 is 0 Å². The Balaban J connectivity index is 2.12. The first-order valence-corrected chi connectivity index (χ1v) is 7.68. The van der Waals surface area contributed by atoms with E-state index in [-0.39, 0.29) is 5.28 Å². The van der Waals surface area contributed by atoms with Gasteiger partial charge in [-0.1, -0.05) is 12.1 Å². The largest absolute Gasteiger partial charge is 0.346 e. The van der Waals surface area contributed by atoms with Crippen LogP contribution in [0.3, 0.4) is 0 Å². The summed E-state index contributed by atoms with van der Waals surface area (Å²) < 4.78 is 1.98. The second-order valence-corrected chi connectivity index (χ2v) is 5.51. The van der Waals surface area contributed by atoms with Gasteiger partial charge in [0, 0.05) is 18.1 Å². The Morgan fingerprint density at radius 2 is 2.00 bits per heavy atom. The van der Waals surface area contributed by atoms with Crippen LogP contribution in [0.4, 0.5) is 11.5 Å². The number of nitrogens with one attached hydrogen (secondary N) is 1. The van der Waals surface area contributed by atoms with Gasteiger partial charge in [-0.2, -0.15) is 4.98 Å². The summed E-state index contributed by atoms with van der Waals surface area (Å²) >= 11 is 7.68. The number of thioether (sulfide) groups is 1. The highest BCUT2D eigenvalue weighted by Gasteiger charge is 2.11. The van der Waals surface area contributed by atoms with Crippen molar-refractivity contribution in [2.45, 2.75) is 4.90 Å². The van der Waals surface area contributed by atoms with Gasteiger partial charge in [-0.3, -0.25) is 0 Å². The van der Waals surface area contributed by atoms with Crippen molar-refractivity contribution in [1.82, 2.24) is 14.5 Å². The SMILES string of the molecule is CSc1ccccc1Nc1nc(Cl)nc2ccn(C)c12. The fraction of sp³-hybridized carbons (Fsp3) is 0.143. The third-order valence-electron chi connectivity index (χ3n) is 3.05. The fourth-order valence-corrected chi connectivity index (χ4v) is 2.86. The smallest absolute Gasteiger partial charge is 0.225 e. The average molecular weight is 305 g/mol. The predicted octanol–water partition coefficient (Wildman–Crippen LogP) is 4.09. The van der Waals surface area contributed by atoms with Crippen LogP contribution in [0.15, 0.2) is 41.4 Å². The lowest BCUT2D eigenvalue weighted by molar-refractivity contribution is 0.964. The van der Waals surface area contributed by atoms with Gasteiger partial charge in [0.1, 0.15) is 5.52 Å². The van der Waals surface area contributed by atoms with Gasteiger partial charge < -0.3 is 9.88 Å². The molecule has 0 saturated carbocycles. The molecule has 3 aromatic rings. The molecule has 20 heavy (non-hydrogen) atoms. The van der Waals surface area contributed by atoms with E-state index < -0.39 is 0 Å². The first-order chi connectivity index (χ1) is 9.69. The Morgan fingerprint density at radius 1 is 1.20 bits per heavy atom. The molecule has 0 atom stereocenters. The molecule has 0 aliphatic heterocycles. The number of hydrogen-bond acceptors (Lipinski definition) is 4. The topological polar surface area (TPSA) is 42.7 Å². The number of nitrogens with zero attached hydrogens (tertiary/aromatic N) is 3. The molecule has 0 radical (unpaired) electrons. The lowest BCUT2D eigenvalue weighted by atomic mass is 10.3. The van der Waals surface area contributed by atoms with Crippen molar-refractivity contribution in [1.29, 1.82) is 0 Å². The third kappa shape index (κ3) is 2.34. The van der Waals surface area contributed by atoms with Crippen molar-refractivity contribution in [3.05, 3.63) is 41.8 Å². The van der Waals surface area contributed by atoms with Crippen LogP contribution in [-0.2, 0) is 7.05 Å². The van der Waals surface area contributed by atoms with Crippen LogP contribution >= 0.6 is 23.4 Å². The van der Waals surface area contributed by atoms with Crippen LogP contribution in [0.25, 0.3) is 11.0 Å². The molecule has 0 bridgehead atoms. The van der Waals surface area contributed by atoms with E-state index in [1.54, 1.807) is 11.8 Å². The minimum absolute atomic E-state index is 0.243. The van der Waals surface area contributed by atoms with Gasteiger partial charge in [0.25, 0.3) is 0 Å². The number of anilines is 2. The molecular weight excluding hydrogens is 292 g/mol. The van der Waals surface area contributed by atoms with Gasteiger partial charge in [-0.05, 0) is 36.1 Å². The summed E-state index contributed by atoms with van der Waals surface area (Å²) in [7, 11) is 1.96. The van der Waals surface area contributed by atoms with E-state index in [0.717, 1.165) is 21.6 Å². The normalized spacial score (nSPS) is 10.9. The maximum atomic E-state index is 6.00. The number of aryl methyl sites for hydroxylation is 1. The molecule has 1 N–H and O–H groups in total. The van der Waals surface area contributed by atoms with Gasteiger partial charge in [0.2, 0.25) is 5.28 Å². The van der Waals surface area contributed by atoms with E-state index in [9.17, 15) is 0 Å². The first-order valence-electron chi connectivity index (χ1n) is 6.07. The third-order valence-corrected chi connectivity index (χ3v) is 4.02. The van der Waals surface area contributed by atoms with Crippen LogP contribution in [-0.4, -0.2) is 20.8 Å². The molecule has 0 aliphatic rings. The molecular formula is C14H13ClN4S. The molecule has 0 aliphatic carbocycles. The van der Waals surface area contributed by atoms with Crippen molar-refractivity contribution in [2.75, 3.05) is 11.6 Å². The van der Waals surface area contributed by atoms with Crippen LogP contribution in [0, 0.1) is 0 Å². The van der Waals surface area contributed by atoms with E-state index in [4.69, 9.17) is 11.6 Å². The van der Waals surface area contributed by atoms with Crippen molar-refractivity contribution in [3.63, 3.8) is 0 Å². The maximum absolute atomic E-state index is 6.00. The second kappa shape index (κ2) is 5.34. The minimum Gasteiger partial charge on any atom is -0.346 e. The molecule has 3 rings (SSSR count). The Kier molecular flexibility index (Phi) is 3.54. The Bertz CT molecular complexity index is 769. The van der Waals surface area contributed by atoms with Crippen LogP contribution in [0.5, 0.6) is 0 Å². The molecule has 0 saturated heterocycles. The minimum atomic E-state index is 0.243. The zero-order valence-corrected chi connectivity index (χ0v) is 12.7. The molecule has 4 nitrogen and oxygen atoms in total. The summed E-state index contributed by atoms with van der Waals surface area (Å²) in [6.45, 7) is 0. The van der Waals surface area contributed by atoms with Crippen molar-refractivity contribution in [2.24, 2.45) is 7.05 Å². The number of benzene rings is 1. The number of aromatic nitrogens is 3. The highest BCUT2D eigenvalue weighted by molar-refractivity contribution is 7.98. The number of rotatable bonds is 3. The van der Waals surface area contributed by atoms with Gasteiger partial charge in [-0.25, -0.2) is 4.98 Å². The summed E-state index contributed by atoms with van der Waals surface area (Å²) in [5.41, 5.74) is 2.78. The van der Waals surface area contributed by atoms with Crippen LogP contribution in [0.2, 0.25) is 5.28 Å². The number of hydrogen-bond donors (Lipinski definition) is 1. The van der Waals surface area contributed by atoms with Gasteiger partial charge in [-0.15, -0.1) is 11.8 Å². The summed E-state index contributed by atoms with van der Waals surface area (Å²) in [5, 5.41) is 3.60. The van der Waals surface area contributed by atoms with Gasteiger partial charge in [0.05, 0.1) is 11.2 Å². The Hall–Kier alpha value is -1.72.